The quantitative estimate of drug-likeness (QED) is 0.124. The van der Waals surface area contributed by atoms with Crippen LogP contribution < -0.4 is 0 Å². The molecule has 238 valence electrons. The van der Waals surface area contributed by atoms with Gasteiger partial charge in [-0.3, -0.25) is 0 Å². The Hall–Kier alpha value is -6.38. The van der Waals surface area contributed by atoms with Crippen molar-refractivity contribution in [1.82, 2.24) is 8.97 Å². The first-order chi connectivity index (χ1) is 25.1. The molecule has 0 aliphatic carbocycles. The summed E-state index contributed by atoms with van der Waals surface area (Å²) in [6, 6.07) is 52.4. The van der Waals surface area contributed by atoms with Gasteiger partial charge in [0.25, 0.3) is 0 Å². The molecule has 0 radical (unpaired) electrons. The number of benzene rings is 9. The van der Waals surface area contributed by atoms with E-state index in [0.29, 0.717) is 0 Å². The van der Waals surface area contributed by atoms with Crippen LogP contribution >= 0.6 is 0 Å². The van der Waals surface area contributed by atoms with Crippen LogP contribution in [0.5, 0.6) is 0 Å². The summed E-state index contributed by atoms with van der Waals surface area (Å²) in [7, 11) is 0. The van der Waals surface area contributed by atoms with Gasteiger partial charge >= 0.3 is 0 Å². The van der Waals surface area contributed by atoms with E-state index in [0.717, 1.165) is 0 Å². The molecule has 0 atom stereocenters. The topological polar surface area (TPSA) is 9.34 Å². The summed E-state index contributed by atoms with van der Waals surface area (Å²) in [4.78, 5) is 0. The Balaban J connectivity index is 1.27. The number of fused-ring (bicyclic) bond motifs is 15. The maximum atomic E-state index is 2.59. The highest BCUT2D eigenvalue weighted by molar-refractivity contribution is 6.30. The SMILES string of the molecule is Cc1c(C)n(-c2c3ccccc3cc3ccccc23)c2c1ccc1c3ccc4c(C)c5c6cccc7cc8ccccc8c(c76)n5c4c3ccc12. The maximum Gasteiger partial charge on any atom is 0.0626 e. The summed E-state index contributed by atoms with van der Waals surface area (Å²) in [6.45, 7) is 6.88. The van der Waals surface area contributed by atoms with Crippen molar-refractivity contribution in [3.63, 3.8) is 0 Å². The molecule has 0 spiro atoms. The third-order valence-electron chi connectivity index (χ3n) is 12.2. The number of hydrogen-bond acceptors (Lipinski definition) is 0. The van der Waals surface area contributed by atoms with Crippen molar-refractivity contribution >= 4 is 103 Å². The van der Waals surface area contributed by atoms with Gasteiger partial charge in [-0.2, -0.15) is 0 Å². The summed E-state index contributed by atoms with van der Waals surface area (Å²) >= 11 is 0. The van der Waals surface area contributed by atoms with E-state index in [4.69, 9.17) is 0 Å². The van der Waals surface area contributed by atoms with Crippen LogP contribution in [0.4, 0.5) is 0 Å². The van der Waals surface area contributed by atoms with E-state index in [1.54, 1.807) is 0 Å². The molecule has 2 nitrogen and oxygen atoms in total. The van der Waals surface area contributed by atoms with Crippen molar-refractivity contribution in [1.29, 1.82) is 0 Å². The van der Waals surface area contributed by atoms with Gasteiger partial charge in [-0.25, -0.2) is 0 Å². The lowest BCUT2D eigenvalue weighted by Gasteiger charge is -2.17. The zero-order valence-electron chi connectivity index (χ0n) is 28.7. The molecule has 0 saturated heterocycles. The van der Waals surface area contributed by atoms with Gasteiger partial charge in [0.15, 0.2) is 0 Å². The van der Waals surface area contributed by atoms with Crippen LogP contribution in [0, 0.1) is 20.8 Å². The fraction of sp³-hybridized carbons (Fsp3) is 0.0612. The molecule has 3 heterocycles. The molecule has 0 saturated carbocycles. The Labute approximate surface area is 293 Å². The molecule has 3 aromatic heterocycles. The zero-order chi connectivity index (χ0) is 33.7. The van der Waals surface area contributed by atoms with Crippen LogP contribution in [0.1, 0.15) is 16.8 Å². The fourth-order valence-corrected chi connectivity index (χ4v) is 9.80. The van der Waals surface area contributed by atoms with E-state index in [1.807, 2.05) is 0 Å². The Morgan fingerprint density at radius 3 is 1.51 bits per heavy atom. The lowest BCUT2D eigenvalue weighted by Crippen LogP contribution is -2.00. The van der Waals surface area contributed by atoms with Crippen molar-refractivity contribution in [3.8, 4) is 5.69 Å². The molecule has 0 aliphatic rings. The van der Waals surface area contributed by atoms with E-state index < -0.39 is 0 Å². The highest BCUT2D eigenvalue weighted by Gasteiger charge is 2.24. The predicted molar refractivity (Wildman–Crippen MR) is 220 cm³/mol. The van der Waals surface area contributed by atoms with E-state index in [-0.39, 0.29) is 0 Å². The molecule has 2 heteroatoms. The van der Waals surface area contributed by atoms with Gasteiger partial charge in [0.2, 0.25) is 0 Å². The van der Waals surface area contributed by atoms with Gasteiger partial charge in [-0.15, -0.1) is 0 Å². The number of nitrogens with zero attached hydrogens (tertiary/aromatic N) is 2. The second kappa shape index (κ2) is 9.44. The highest BCUT2D eigenvalue weighted by atomic mass is 15.0. The van der Waals surface area contributed by atoms with Gasteiger partial charge in [-0.1, -0.05) is 127 Å². The van der Waals surface area contributed by atoms with Gasteiger partial charge in [-0.05, 0) is 76.3 Å². The molecule has 9 aromatic carbocycles. The van der Waals surface area contributed by atoms with Crippen LogP contribution in [0.2, 0.25) is 0 Å². The maximum absolute atomic E-state index is 2.59. The van der Waals surface area contributed by atoms with Crippen LogP contribution in [-0.2, 0) is 0 Å². The molecule has 51 heavy (non-hydrogen) atoms. The molecule has 0 aliphatic heterocycles. The average molecular weight is 649 g/mol. The molecule has 0 N–H and O–H groups in total. The van der Waals surface area contributed by atoms with E-state index in [9.17, 15) is 0 Å². The van der Waals surface area contributed by atoms with Crippen molar-refractivity contribution in [2.24, 2.45) is 0 Å². The monoisotopic (exact) mass is 648 g/mol. The smallest absolute Gasteiger partial charge is 0.0626 e. The van der Waals surface area contributed by atoms with Crippen LogP contribution in [0.3, 0.4) is 0 Å². The summed E-state index contributed by atoms with van der Waals surface area (Å²) < 4.78 is 5.15. The third kappa shape index (κ3) is 3.29. The summed E-state index contributed by atoms with van der Waals surface area (Å²) in [6.07, 6.45) is 0. The number of aromatic nitrogens is 2. The van der Waals surface area contributed by atoms with E-state index in [1.165, 1.54) is 125 Å². The van der Waals surface area contributed by atoms with Gasteiger partial charge in [0.05, 0.1) is 27.8 Å². The highest BCUT2D eigenvalue weighted by Crippen LogP contribution is 2.46. The second-order valence-corrected chi connectivity index (χ2v) is 14.6. The molecule has 0 amide bonds. The first-order valence-electron chi connectivity index (χ1n) is 18.0. The Bertz CT molecular complexity index is 3450. The Morgan fingerprint density at radius 2 is 0.824 bits per heavy atom. The van der Waals surface area contributed by atoms with Gasteiger partial charge in [0, 0.05) is 54.2 Å². The normalized spacial score (nSPS) is 12.6. The summed E-state index contributed by atoms with van der Waals surface area (Å²) in [5.74, 6) is 0. The van der Waals surface area contributed by atoms with Gasteiger partial charge < -0.3 is 8.97 Å². The van der Waals surface area contributed by atoms with Crippen molar-refractivity contribution in [2.45, 2.75) is 20.8 Å². The number of rotatable bonds is 1. The third-order valence-corrected chi connectivity index (χ3v) is 12.2. The minimum atomic E-state index is 1.26. The molecule has 0 fully saturated rings. The van der Waals surface area contributed by atoms with Crippen LogP contribution in [0.25, 0.3) is 109 Å². The Morgan fingerprint density at radius 1 is 0.333 bits per heavy atom. The standard InChI is InChI=1S/C49H32N2/c1-27-29(3)50(48-36-15-7-4-11-30(36)25-31-12-5-8-16-37(31)48)46-34(27)19-21-39-40-22-20-35-28(2)45-43-18-10-14-33-26-32-13-6-9-17-38(32)49(44(33)43)51(45)47(35)42(40)24-23-41(39)46/h4-26H,1-3H3. The molecule has 12 aromatic rings. The first-order valence-corrected chi connectivity index (χ1v) is 18.0. The van der Waals surface area contributed by atoms with E-state index >= 15 is 0 Å². The first kappa shape index (κ1) is 27.4. The number of aryl methyl sites for hydroxylation is 2. The van der Waals surface area contributed by atoms with Crippen molar-refractivity contribution < 1.29 is 0 Å². The lowest BCUT2D eigenvalue weighted by molar-refractivity contribution is 1.06. The van der Waals surface area contributed by atoms with E-state index in [2.05, 4.69) is 169 Å². The largest absolute Gasteiger partial charge is 0.312 e. The Kier molecular flexibility index (Phi) is 5.08. The molecule has 12 rings (SSSR count). The minimum absolute atomic E-state index is 1.26. The summed E-state index contributed by atoms with van der Waals surface area (Å²) in [5, 5.41) is 19.5. The predicted octanol–water partition coefficient (Wildman–Crippen LogP) is 13.5. The van der Waals surface area contributed by atoms with Crippen LogP contribution in [0.15, 0.2) is 140 Å². The minimum Gasteiger partial charge on any atom is -0.312 e. The van der Waals surface area contributed by atoms with Crippen molar-refractivity contribution in [2.75, 3.05) is 0 Å². The lowest BCUT2D eigenvalue weighted by atomic mass is 9.96. The molecule has 0 bridgehead atoms. The molecular weight excluding hydrogens is 617 g/mol. The number of hydrogen-bond donors (Lipinski definition) is 0. The zero-order valence-corrected chi connectivity index (χ0v) is 28.7. The van der Waals surface area contributed by atoms with Crippen molar-refractivity contribution in [3.05, 3.63) is 156 Å². The average Bonchev–Trinajstić information content (AvgIpc) is 3.76. The summed E-state index contributed by atoms with van der Waals surface area (Å²) in [5.41, 5.74) is 10.5. The second-order valence-electron chi connectivity index (χ2n) is 14.6. The fourth-order valence-electron chi connectivity index (χ4n) is 9.80. The van der Waals surface area contributed by atoms with Gasteiger partial charge in [0.1, 0.15) is 0 Å². The molecular formula is C49H32N2. The van der Waals surface area contributed by atoms with Crippen LogP contribution in [-0.4, -0.2) is 8.97 Å². The molecule has 0 unspecified atom stereocenters.